The molecular formula is C8H12N6. The topological polar surface area (TPSA) is 74.5 Å². The van der Waals surface area contributed by atoms with Gasteiger partial charge in [-0.15, -0.1) is 5.10 Å². The Morgan fingerprint density at radius 2 is 2.21 bits per heavy atom. The van der Waals surface area contributed by atoms with Crippen LogP contribution < -0.4 is 5.73 Å². The second-order valence-corrected chi connectivity index (χ2v) is 3.23. The summed E-state index contributed by atoms with van der Waals surface area (Å²) in [5, 5.41) is 12.3. The average Bonchev–Trinajstić information content (AvgIpc) is 2.61. The monoisotopic (exact) mass is 192 g/mol. The zero-order chi connectivity index (χ0) is 10.1. The van der Waals surface area contributed by atoms with Gasteiger partial charge in [-0.2, -0.15) is 15.0 Å². The second-order valence-electron chi connectivity index (χ2n) is 3.23. The van der Waals surface area contributed by atoms with Gasteiger partial charge in [-0.1, -0.05) is 0 Å². The highest BCUT2D eigenvalue weighted by Gasteiger charge is 2.05. The Balaban J connectivity index is 2.22. The van der Waals surface area contributed by atoms with Gasteiger partial charge < -0.3 is 5.73 Å². The first-order valence-electron chi connectivity index (χ1n) is 4.30. The minimum absolute atomic E-state index is 0.429. The van der Waals surface area contributed by atoms with Crippen LogP contribution in [-0.4, -0.2) is 24.8 Å². The van der Waals surface area contributed by atoms with Crippen LogP contribution >= 0.6 is 0 Å². The van der Waals surface area contributed by atoms with E-state index in [2.05, 4.69) is 15.3 Å². The van der Waals surface area contributed by atoms with Crippen molar-refractivity contribution in [2.75, 3.05) is 5.73 Å². The van der Waals surface area contributed by atoms with E-state index in [9.17, 15) is 0 Å². The summed E-state index contributed by atoms with van der Waals surface area (Å²) in [6, 6.07) is 0. The number of nitrogen functional groups attached to an aromatic ring is 1. The number of aromatic nitrogens is 5. The van der Waals surface area contributed by atoms with E-state index in [0.29, 0.717) is 12.4 Å². The molecule has 0 bridgehead atoms. The number of nitrogens with two attached hydrogens (primary N) is 1. The van der Waals surface area contributed by atoms with Crippen LogP contribution in [0.15, 0.2) is 12.4 Å². The molecular weight excluding hydrogens is 180 g/mol. The smallest absolute Gasteiger partial charge is 0.165 e. The molecule has 0 saturated carbocycles. The lowest BCUT2D eigenvalue weighted by Crippen LogP contribution is -2.06. The number of anilines is 1. The molecule has 2 aromatic heterocycles. The van der Waals surface area contributed by atoms with Gasteiger partial charge in [0, 0.05) is 13.2 Å². The van der Waals surface area contributed by atoms with Crippen LogP contribution in [0.25, 0.3) is 0 Å². The molecule has 0 aliphatic heterocycles. The molecule has 6 nitrogen and oxygen atoms in total. The molecule has 74 valence electrons. The summed E-state index contributed by atoms with van der Waals surface area (Å²) < 4.78 is 1.78. The van der Waals surface area contributed by atoms with Gasteiger partial charge in [0.2, 0.25) is 0 Å². The molecule has 2 rings (SSSR count). The van der Waals surface area contributed by atoms with Gasteiger partial charge in [0.25, 0.3) is 0 Å². The maximum atomic E-state index is 5.46. The third-order valence-electron chi connectivity index (χ3n) is 1.96. The molecule has 6 heteroatoms. The zero-order valence-corrected chi connectivity index (χ0v) is 8.18. The Hall–Kier alpha value is -1.85. The van der Waals surface area contributed by atoms with E-state index in [1.807, 2.05) is 20.2 Å². The van der Waals surface area contributed by atoms with Crippen molar-refractivity contribution in [3.8, 4) is 0 Å². The SMILES string of the molecule is Cc1cn(C)nc1Cn1ncc(N)n1. The highest BCUT2D eigenvalue weighted by Crippen LogP contribution is 2.05. The Morgan fingerprint density at radius 3 is 2.71 bits per heavy atom. The van der Waals surface area contributed by atoms with Crippen LogP contribution in [-0.2, 0) is 13.6 Å². The normalized spacial score (nSPS) is 10.7. The number of hydrogen-bond acceptors (Lipinski definition) is 4. The Kier molecular flexibility index (Phi) is 1.95. The summed E-state index contributed by atoms with van der Waals surface area (Å²) in [4.78, 5) is 1.53. The molecule has 0 spiro atoms. The van der Waals surface area contributed by atoms with E-state index < -0.39 is 0 Å². The van der Waals surface area contributed by atoms with Crippen molar-refractivity contribution in [1.29, 1.82) is 0 Å². The quantitative estimate of drug-likeness (QED) is 0.724. The van der Waals surface area contributed by atoms with Crippen molar-refractivity contribution in [1.82, 2.24) is 24.8 Å². The molecule has 0 aromatic carbocycles. The van der Waals surface area contributed by atoms with Crippen molar-refractivity contribution >= 4 is 5.82 Å². The fraction of sp³-hybridized carbons (Fsp3) is 0.375. The first-order valence-corrected chi connectivity index (χ1v) is 4.30. The molecule has 0 aliphatic carbocycles. The Morgan fingerprint density at radius 1 is 1.43 bits per heavy atom. The Labute approximate surface area is 81.3 Å². The lowest BCUT2D eigenvalue weighted by Gasteiger charge is -1.96. The summed E-state index contributed by atoms with van der Waals surface area (Å²) in [5.41, 5.74) is 7.54. The number of rotatable bonds is 2. The van der Waals surface area contributed by atoms with Crippen molar-refractivity contribution in [3.63, 3.8) is 0 Å². The van der Waals surface area contributed by atoms with Crippen molar-refractivity contribution in [2.45, 2.75) is 13.5 Å². The molecule has 2 N–H and O–H groups in total. The molecule has 0 fully saturated rings. The van der Waals surface area contributed by atoms with Crippen LogP contribution in [0.1, 0.15) is 11.3 Å². The predicted molar refractivity (Wildman–Crippen MR) is 51.5 cm³/mol. The summed E-state index contributed by atoms with van der Waals surface area (Å²) in [5.74, 6) is 0.429. The highest BCUT2D eigenvalue weighted by molar-refractivity contribution is 5.20. The van der Waals surface area contributed by atoms with E-state index >= 15 is 0 Å². The first-order chi connectivity index (χ1) is 6.65. The minimum Gasteiger partial charge on any atom is -0.381 e. The van der Waals surface area contributed by atoms with Crippen molar-refractivity contribution in [2.24, 2.45) is 7.05 Å². The van der Waals surface area contributed by atoms with E-state index in [-0.39, 0.29) is 0 Å². The maximum Gasteiger partial charge on any atom is 0.165 e. The molecule has 0 radical (unpaired) electrons. The number of nitrogens with zero attached hydrogens (tertiary/aromatic N) is 5. The molecule has 2 aromatic rings. The van der Waals surface area contributed by atoms with Gasteiger partial charge in [-0.25, -0.2) is 0 Å². The number of aryl methyl sites for hydroxylation is 2. The first kappa shape index (κ1) is 8.74. The van der Waals surface area contributed by atoms with Gasteiger partial charge in [-0.3, -0.25) is 4.68 Å². The summed E-state index contributed by atoms with van der Waals surface area (Å²) >= 11 is 0. The maximum absolute atomic E-state index is 5.46. The van der Waals surface area contributed by atoms with Crippen LogP contribution in [0.2, 0.25) is 0 Å². The van der Waals surface area contributed by atoms with Gasteiger partial charge >= 0.3 is 0 Å². The Bertz CT molecular complexity index is 440. The molecule has 0 amide bonds. The highest BCUT2D eigenvalue weighted by atomic mass is 15.5. The van der Waals surface area contributed by atoms with E-state index in [1.165, 1.54) is 11.0 Å². The fourth-order valence-corrected chi connectivity index (χ4v) is 1.33. The average molecular weight is 192 g/mol. The van der Waals surface area contributed by atoms with Crippen molar-refractivity contribution < 1.29 is 0 Å². The fourth-order valence-electron chi connectivity index (χ4n) is 1.33. The predicted octanol–water partition coefficient (Wildman–Crippen LogP) is -0.0495. The van der Waals surface area contributed by atoms with E-state index in [0.717, 1.165) is 11.3 Å². The molecule has 14 heavy (non-hydrogen) atoms. The number of hydrogen-bond donors (Lipinski definition) is 1. The standard InChI is InChI=1S/C8H12N6/c1-6-4-13(2)11-7(6)5-14-10-3-8(9)12-14/h3-4H,5H2,1-2H3,(H2,9,12). The zero-order valence-electron chi connectivity index (χ0n) is 8.18. The lowest BCUT2D eigenvalue weighted by atomic mass is 10.3. The molecule has 0 aliphatic rings. The third kappa shape index (κ3) is 1.59. The largest absolute Gasteiger partial charge is 0.381 e. The molecule has 2 heterocycles. The lowest BCUT2D eigenvalue weighted by molar-refractivity contribution is 0.574. The van der Waals surface area contributed by atoms with Crippen LogP contribution in [0, 0.1) is 6.92 Å². The summed E-state index contributed by atoms with van der Waals surface area (Å²) in [6.45, 7) is 2.57. The molecule has 0 unspecified atom stereocenters. The van der Waals surface area contributed by atoms with Gasteiger partial charge in [0.05, 0.1) is 11.9 Å². The van der Waals surface area contributed by atoms with Gasteiger partial charge in [-0.05, 0) is 12.5 Å². The summed E-state index contributed by atoms with van der Waals surface area (Å²) in [6.07, 6.45) is 3.49. The third-order valence-corrected chi connectivity index (χ3v) is 1.96. The van der Waals surface area contributed by atoms with E-state index in [4.69, 9.17) is 5.73 Å². The van der Waals surface area contributed by atoms with Crippen LogP contribution in [0.4, 0.5) is 5.82 Å². The second kappa shape index (κ2) is 3.13. The van der Waals surface area contributed by atoms with Crippen molar-refractivity contribution in [3.05, 3.63) is 23.7 Å². The summed E-state index contributed by atoms with van der Waals surface area (Å²) in [7, 11) is 1.89. The van der Waals surface area contributed by atoms with Crippen LogP contribution in [0.5, 0.6) is 0 Å². The van der Waals surface area contributed by atoms with E-state index in [1.54, 1.807) is 4.68 Å². The van der Waals surface area contributed by atoms with Gasteiger partial charge in [0.15, 0.2) is 5.82 Å². The molecule has 0 saturated heterocycles. The van der Waals surface area contributed by atoms with Crippen LogP contribution in [0.3, 0.4) is 0 Å². The van der Waals surface area contributed by atoms with Gasteiger partial charge in [0.1, 0.15) is 6.54 Å². The molecule has 0 atom stereocenters. The minimum atomic E-state index is 0.429.